The summed E-state index contributed by atoms with van der Waals surface area (Å²) in [4.78, 5) is 23.1. The number of rotatable bonds is 6. The van der Waals surface area contributed by atoms with Crippen molar-refractivity contribution in [3.63, 3.8) is 0 Å². The minimum absolute atomic E-state index is 0.0480. The number of hydrogen-bond donors (Lipinski definition) is 0. The van der Waals surface area contributed by atoms with Gasteiger partial charge in [-0.25, -0.2) is 4.79 Å². The predicted molar refractivity (Wildman–Crippen MR) is 69.8 cm³/mol. The van der Waals surface area contributed by atoms with Crippen molar-refractivity contribution >= 4 is 27.7 Å². The van der Waals surface area contributed by atoms with Gasteiger partial charge in [-0.1, -0.05) is 41.4 Å². The number of unbranched alkanes of at least 4 members (excludes halogenated alkanes) is 1. The van der Waals surface area contributed by atoms with E-state index in [4.69, 9.17) is 4.74 Å². The Morgan fingerprint density at radius 2 is 2.00 bits per heavy atom. The maximum Gasteiger partial charge on any atom is 0.338 e. The molecular weight excluding hydrogens is 284 g/mol. The van der Waals surface area contributed by atoms with Crippen molar-refractivity contribution in [2.75, 3.05) is 11.9 Å². The van der Waals surface area contributed by atoms with Gasteiger partial charge in [-0.2, -0.15) is 0 Å². The lowest BCUT2D eigenvalue weighted by molar-refractivity contribution is 0.0499. The van der Waals surface area contributed by atoms with Crippen LogP contribution in [0.3, 0.4) is 0 Å². The zero-order valence-corrected chi connectivity index (χ0v) is 11.3. The molecule has 0 aliphatic carbocycles. The number of Topliss-reactive ketones (excluding diaryl/α,β-unsaturated/α-hetero) is 1. The molecule has 0 aromatic heterocycles. The minimum atomic E-state index is -0.373. The Hall–Kier alpha value is -1.16. The van der Waals surface area contributed by atoms with E-state index in [9.17, 15) is 9.59 Å². The summed E-state index contributed by atoms with van der Waals surface area (Å²) in [7, 11) is 0. The van der Waals surface area contributed by atoms with Gasteiger partial charge in [-0.3, -0.25) is 4.79 Å². The lowest BCUT2D eigenvalue weighted by Crippen LogP contribution is -2.08. The molecule has 0 N–H and O–H groups in total. The minimum Gasteiger partial charge on any atom is -0.462 e. The maximum atomic E-state index is 11.6. The lowest BCUT2D eigenvalue weighted by atomic mass is 10.1. The van der Waals surface area contributed by atoms with Crippen LogP contribution in [0.5, 0.6) is 0 Å². The molecule has 1 rings (SSSR count). The van der Waals surface area contributed by atoms with Crippen LogP contribution in [0.4, 0.5) is 0 Å². The Balaban J connectivity index is 2.70. The average molecular weight is 299 g/mol. The van der Waals surface area contributed by atoms with E-state index < -0.39 is 0 Å². The number of hydrogen-bond acceptors (Lipinski definition) is 3. The third-order valence-corrected chi connectivity index (χ3v) is 2.78. The highest BCUT2D eigenvalue weighted by Gasteiger charge is 2.10. The molecule has 1 aromatic rings. The van der Waals surface area contributed by atoms with Gasteiger partial charge in [0, 0.05) is 5.56 Å². The standard InChI is InChI=1S/C13H15BrO3/c1-2-3-7-17-13(16)11-6-4-5-10(8-11)12(15)9-14/h4-6,8H,2-3,7,9H2,1H3. The molecule has 0 aliphatic heterocycles. The fourth-order valence-electron chi connectivity index (χ4n) is 1.29. The van der Waals surface area contributed by atoms with Gasteiger partial charge >= 0.3 is 5.97 Å². The Bertz CT molecular complexity index is 401. The van der Waals surface area contributed by atoms with Crippen molar-refractivity contribution in [1.82, 2.24) is 0 Å². The van der Waals surface area contributed by atoms with Gasteiger partial charge in [0.25, 0.3) is 0 Å². The highest BCUT2D eigenvalue weighted by atomic mass is 79.9. The third kappa shape index (κ3) is 4.30. The summed E-state index contributed by atoms with van der Waals surface area (Å²) in [5, 5.41) is 0.251. The summed E-state index contributed by atoms with van der Waals surface area (Å²) in [6.45, 7) is 2.45. The lowest BCUT2D eigenvalue weighted by Gasteiger charge is -2.05. The molecule has 0 saturated carbocycles. The van der Waals surface area contributed by atoms with Gasteiger partial charge in [-0.05, 0) is 18.6 Å². The normalized spacial score (nSPS) is 10.0. The SMILES string of the molecule is CCCCOC(=O)c1cccc(C(=O)CBr)c1. The number of halogens is 1. The van der Waals surface area contributed by atoms with Crippen LogP contribution in [-0.4, -0.2) is 23.7 Å². The van der Waals surface area contributed by atoms with E-state index in [1.165, 1.54) is 0 Å². The van der Waals surface area contributed by atoms with Gasteiger partial charge < -0.3 is 4.74 Å². The van der Waals surface area contributed by atoms with Crippen molar-refractivity contribution in [1.29, 1.82) is 0 Å². The van der Waals surface area contributed by atoms with Crippen LogP contribution in [-0.2, 0) is 4.74 Å². The Morgan fingerprint density at radius 3 is 2.65 bits per heavy atom. The first-order valence-electron chi connectivity index (χ1n) is 5.55. The second-order valence-corrected chi connectivity index (χ2v) is 4.19. The van der Waals surface area contributed by atoms with Crippen molar-refractivity contribution in [3.05, 3.63) is 35.4 Å². The monoisotopic (exact) mass is 298 g/mol. The van der Waals surface area contributed by atoms with Crippen molar-refractivity contribution in [2.45, 2.75) is 19.8 Å². The van der Waals surface area contributed by atoms with Crippen LogP contribution in [0.25, 0.3) is 0 Å². The van der Waals surface area contributed by atoms with Crippen molar-refractivity contribution in [2.24, 2.45) is 0 Å². The van der Waals surface area contributed by atoms with E-state index in [1.807, 2.05) is 6.92 Å². The van der Waals surface area contributed by atoms with Crippen LogP contribution >= 0.6 is 15.9 Å². The van der Waals surface area contributed by atoms with Crippen molar-refractivity contribution < 1.29 is 14.3 Å². The van der Waals surface area contributed by atoms with E-state index in [1.54, 1.807) is 24.3 Å². The summed E-state index contributed by atoms with van der Waals surface area (Å²) in [5.74, 6) is -0.420. The summed E-state index contributed by atoms with van der Waals surface area (Å²) >= 11 is 3.10. The van der Waals surface area contributed by atoms with Crippen LogP contribution in [0, 0.1) is 0 Å². The number of ketones is 1. The molecule has 0 saturated heterocycles. The van der Waals surface area contributed by atoms with Crippen LogP contribution in [0.2, 0.25) is 0 Å². The first-order chi connectivity index (χ1) is 8.19. The molecular formula is C13H15BrO3. The molecule has 17 heavy (non-hydrogen) atoms. The van der Waals surface area contributed by atoms with Gasteiger partial charge in [0.2, 0.25) is 0 Å². The molecule has 0 heterocycles. The van der Waals surface area contributed by atoms with Gasteiger partial charge in [0.15, 0.2) is 5.78 Å². The molecule has 3 nitrogen and oxygen atoms in total. The fraction of sp³-hybridized carbons (Fsp3) is 0.385. The van der Waals surface area contributed by atoms with Gasteiger partial charge in [-0.15, -0.1) is 0 Å². The molecule has 92 valence electrons. The zero-order valence-electron chi connectivity index (χ0n) is 9.74. The molecule has 0 spiro atoms. The van der Waals surface area contributed by atoms with Gasteiger partial charge in [0.05, 0.1) is 17.5 Å². The predicted octanol–water partition coefficient (Wildman–Crippen LogP) is 3.22. The van der Waals surface area contributed by atoms with Crippen LogP contribution in [0.15, 0.2) is 24.3 Å². The number of carbonyl (C=O) groups is 2. The van der Waals surface area contributed by atoms with Crippen molar-refractivity contribution in [3.8, 4) is 0 Å². The van der Waals surface area contributed by atoms with E-state index in [0.29, 0.717) is 17.7 Å². The molecule has 4 heteroatoms. The van der Waals surface area contributed by atoms with Crippen LogP contribution < -0.4 is 0 Å². The highest BCUT2D eigenvalue weighted by molar-refractivity contribution is 9.09. The second kappa shape index (κ2) is 7.22. The maximum absolute atomic E-state index is 11.6. The average Bonchev–Trinajstić information content (AvgIpc) is 2.38. The summed E-state index contributed by atoms with van der Waals surface area (Å²) in [6, 6.07) is 6.59. The molecule has 0 unspecified atom stereocenters. The fourth-order valence-corrected chi connectivity index (χ4v) is 1.61. The largest absolute Gasteiger partial charge is 0.462 e. The number of carbonyl (C=O) groups excluding carboxylic acids is 2. The van der Waals surface area contributed by atoms with Crippen LogP contribution in [0.1, 0.15) is 40.5 Å². The Morgan fingerprint density at radius 1 is 1.29 bits per heavy atom. The molecule has 0 aliphatic rings. The Kier molecular flexibility index (Phi) is 5.91. The number of benzene rings is 1. The first kappa shape index (κ1) is 13.9. The van der Waals surface area contributed by atoms with E-state index in [0.717, 1.165) is 12.8 Å². The summed E-state index contributed by atoms with van der Waals surface area (Å²) < 4.78 is 5.07. The molecule has 0 amide bonds. The van der Waals surface area contributed by atoms with Gasteiger partial charge in [0.1, 0.15) is 0 Å². The third-order valence-electron chi connectivity index (χ3n) is 2.27. The molecule has 0 bridgehead atoms. The number of ether oxygens (including phenoxy) is 1. The summed E-state index contributed by atoms with van der Waals surface area (Å²) in [6.07, 6.45) is 1.83. The van der Waals surface area contributed by atoms with E-state index in [-0.39, 0.29) is 17.1 Å². The first-order valence-corrected chi connectivity index (χ1v) is 6.67. The topological polar surface area (TPSA) is 43.4 Å². The quantitative estimate of drug-likeness (QED) is 0.350. The van der Waals surface area contributed by atoms with E-state index in [2.05, 4.69) is 15.9 Å². The Labute approximate surface area is 109 Å². The summed E-state index contributed by atoms with van der Waals surface area (Å²) in [5.41, 5.74) is 0.944. The highest BCUT2D eigenvalue weighted by Crippen LogP contribution is 2.09. The molecule has 1 aromatic carbocycles. The molecule has 0 atom stereocenters. The molecule has 0 fully saturated rings. The number of esters is 1. The smallest absolute Gasteiger partial charge is 0.338 e. The number of alkyl halides is 1. The van der Waals surface area contributed by atoms with E-state index >= 15 is 0 Å². The molecule has 0 radical (unpaired) electrons. The zero-order chi connectivity index (χ0) is 12.7. The second-order valence-electron chi connectivity index (χ2n) is 3.63.